The number of hydrogen-bond acceptors (Lipinski definition) is 3. The van der Waals surface area contributed by atoms with E-state index in [1.165, 1.54) is 5.56 Å². The summed E-state index contributed by atoms with van der Waals surface area (Å²) in [5.41, 5.74) is 4.16. The number of aromatic nitrogens is 1. The Labute approximate surface area is 99.4 Å². The summed E-state index contributed by atoms with van der Waals surface area (Å²) in [6.45, 7) is 4.37. The van der Waals surface area contributed by atoms with Crippen LogP contribution in [-0.4, -0.2) is 23.5 Å². The molecule has 0 radical (unpaired) electrons. The van der Waals surface area contributed by atoms with Gasteiger partial charge in [-0.1, -0.05) is 12.7 Å². The Balaban J connectivity index is 1.84. The van der Waals surface area contributed by atoms with Gasteiger partial charge in [-0.2, -0.15) is 0 Å². The van der Waals surface area contributed by atoms with Crippen molar-refractivity contribution in [2.45, 2.75) is 12.5 Å². The summed E-state index contributed by atoms with van der Waals surface area (Å²) in [6, 6.07) is 1.73. The molecule has 0 spiro atoms. The normalized spacial score (nSPS) is 23.1. The third kappa shape index (κ3) is 1.76. The third-order valence-electron chi connectivity index (χ3n) is 3.13. The molecule has 2 N–H and O–H groups in total. The van der Waals surface area contributed by atoms with Gasteiger partial charge < -0.3 is 5.32 Å². The Morgan fingerprint density at radius 2 is 2.35 bits per heavy atom. The summed E-state index contributed by atoms with van der Waals surface area (Å²) in [5, 5.41) is 5.98. The Morgan fingerprint density at radius 1 is 1.47 bits per heavy atom. The number of carbonyl (C=O) groups is 1. The fourth-order valence-corrected chi connectivity index (χ4v) is 2.29. The summed E-state index contributed by atoms with van der Waals surface area (Å²) in [5.74, 6) is -0.0201. The quantitative estimate of drug-likeness (QED) is 0.739. The molecule has 1 amide bonds. The maximum absolute atomic E-state index is 11.9. The summed E-state index contributed by atoms with van der Waals surface area (Å²) in [6.07, 6.45) is 6.50. The lowest BCUT2D eigenvalue weighted by molar-refractivity contribution is -0.122. The van der Waals surface area contributed by atoms with E-state index >= 15 is 0 Å². The Hall–Kier alpha value is -1.94. The fraction of sp³-hybridized carbons (Fsp3) is 0.231. The molecule has 17 heavy (non-hydrogen) atoms. The van der Waals surface area contributed by atoms with Crippen LogP contribution in [-0.2, 0) is 11.2 Å². The van der Waals surface area contributed by atoms with Gasteiger partial charge in [0.2, 0.25) is 5.91 Å². The van der Waals surface area contributed by atoms with Gasteiger partial charge >= 0.3 is 0 Å². The molecule has 1 unspecified atom stereocenters. The molecule has 1 aliphatic carbocycles. The number of nitrogens with zero attached hydrogens (tertiary/aromatic N) is 1. The number of amides is 1. The first-order chi connectivity index (χ1) is 8.24. The van der Waals surface area contributed by atoms with Gasteiger partial charge in [-0.05, 0) is 29.2 Å². The van der Waals surface area contributed by atoms with Crippen molar-refractivity contribution in [1.29, 1.82) is 0 Å². The Morgan fingerprint density at radius 3 is 3.12 bits per heavy atom. The minimum Gasteiger partial charge on any atom is -0.327 e. The molecule has 1 aromatic rings. The van der Waals surface area contributed by atoms with Crippen molar-refractivity contribution in [2.24, 2.45) is 0 Å². The standard InChI is InChI=1S/C13H13N3O/c1-8-6-15-12(13(17)16-8)10-4-9-2-3-14-7-11(9)5-10/h2-4,7,12,15H,1,5-6H2,(H,16,17). The highest BCUT2D eigenvalue weighted by Crippen LogP contribution is 2.26. The minimum atomic E-state index is -0.243. The van der Waals surface area contributed by atoms with Crippen LogP contribution in [0, 0.1) is 0 Å². The molecule has 3 rings (SSSR count). The maximum Gasteiger partial charge on any atom is 0.245 e. The first kappa shape index (κ1) is 10.2. The zero-order valence-electron chi connectivity index (χ0n) is 9.36. The third-order valence-corrected chi connectivity index (χ3v) is 3.13. The molecule has 2 heterocycles. The van der Waals surface area contributed by atoms with Crippen molar-refractivity contribution in [3.63, 3.8) is 0 Å². The molecule has 1 saturated heterocycles. The van der Waals surface area contributed by atoms with Crippen molar-refractivity contribution in [1.82, 2.24) is 15.6 Å². The smallest absolute Gasteiger partial charge is 0.245 e. The van der Waals surface area contributed by atoms with E-state index in [0.29, 0.717) is 6.54 Å². The average Bonchev–Trinajstić information content (AvgIpc) is 2.72. The van der Waals surface area contributed by atoms with Crippen molar-refractivity contribution in [3.8, 4) is 0 Å². The summed E-state index contributed by atoms with van der Waals surface area (Å²) < 4.78 is 0. The molecule has 1 aliphatic heterocycles. The minimum absolute atomic E-state index is 0.0201. The number of rotatable bonds is 1. The Kier molecular flexibility index (Phi) is 2.30. The van der Waals surface area contributed by atoms with E-state index in [4.69, 9.17) is 0 Å². The van der Waals surface area contributed by atoms with Crippen molar-refractivity contribution >= 4 is 12.0 Å². The van der Waals surface area contributed by atoms with Gasteiger partial charge in [-0.3, -0.25) is 15.1 Å². The molecule has 0 saturated carbocycles. The van der Waals surface area contributed by atoms with Gasteiger partial charge in [0, 0.05) is 24.6 Å². The van der Waals surface area contributed by atoms with E-state index in [1.807, 2.05) is 12.3 Å². The second-order valence-corrected chi connectivity index (χ2v) is 4.38. The van der Waals surface area contributed by atoms with E-state index in [-0.39, 0.29) is 11.9 Å². The molecule has 4 heteroatoms. The lowest BCUT2D eigenvalue weighted by atomic mass is 10.0. The number of carbonyl (C=O) groups excluding carboxylic acids is 1. The van der Waals surface area contributed by atoms with Crippen molar-refractivity contribution < 1.29 is 4.79 Å². The summed E-state index contributed by atoms with van der Waals surface area (Å²) in [4.78, 5) is 16.0. The predicted molar refractivity (Wildman–Crippen MR) is 65.0 cm³/mol. The lowest BCUT2D eigenvalue weighted by Gasteiger charge is -2.25. The summed E-state index contributed by atoms with van der Waals surface area (Å²) >= 11 is 0. The molecular weight excluding hydrogens is 214 g/mol. The second kappa shape index (κ2) is 3.82. The molecule has 0 bridgehead atoms. The van der Waals surface area contributed by atoms with E-state index in [2.05, 4.69) is 28.3 Å². The van der Waals surface area contributed by atoms with Gasteiger partial charge in [0.1, 0.15) is 6.04 Å². The van der Waals surface area contributed by atoms with Crippen LogP contribution in [0.15, 0.2) is 36.3 Å². The maximum atomic E-state index is 11.9. The van der Waals surface area contributed by atoms with E-state index in [1.54, 1.807) is 6.20 Å². The average molecular weight is 227 g/mol. The monoisotopic (exact) mass is 227 g/mol. The molecule has 2 aliphatic rings. The van der Waals surface area contributed by atoms with Crippen LogP contribution >= 0.6 is 0 Å². The number of piperazine rings is 1. The van der Waals surface area contributed by atoms with Gasteiger partial charge in [0.05, 0.1) is 0 Å². The fourth-order valence-electron chi connectivity index (χ4n) is 2.29. The molecule has 1 fully saturated rings. The molecule has 1 aromatic heterocycles. The van der Waals surface area contributed by atoms with Gasteiger partial charge in [0.15, 0.2) is 0 Å². The highest BCUT2D eigenvalue weighted by molar-refractivity contribution is 5.89. The van der Waals surface area contributed by atoms with E-state index < -0.39 is 0 Å². The zero-order valence-corrected chi connectivity index (χ0v) is 9.36. The SMILES string of the molecule is C=C1CNC(C2=Cc3ccncc3C2)C(=O)N1. The highest BCUT2D eigenvalue weighted by Gasteiger charge is 2.29. The number of fused-ring (bicyclic) bond motifs is 1. The van der Waals surface area contributed by atoms with E-state index in [0.717, 1.165) is 23.3 Å². The highest BCUT2D eigenvalue weighted by atomic mass is 16.2. The van der Waals surface area contributed by atoms with Crippen LogP contribution in [0.5, 0.6) is 0 Å². The van der Waals surface area contributed by atoms with Crippen LogP contribution < -0.4 is 10.6 Å². The Bertz CT molecular complexity index is 533. The van der Waals surface area contributed by atoms with Gasteiger partial charge in [-0.15, -0.1) is 0 Å². The topological polar surface area (TPSA) is 54.0 Å². The first-order valence-corrected chi connectivity index (χ1v) is 5.59. The molecule has 86 valence electrons. The van der Waals surface area contributed by atoms with Crippen LogP contribution in [0.4, 0.5) is 0 Å². The molecule has 4 nitrogen and oxygen atoms in total. The number of nitrogens with one attached hydrogen (secondary N) is 2. The van der Waals surface area contributed by atoms with Crippen LogP contribution in [0.25, 0.3) is 6.08 Å². The van der Waals surface area contributed by atoms with Crippen LogP contribution in [0.2, 0.25) is 0 Å². The first-order valence-electron chi connectivity index (χ1n) is 5.59. The molecule has 0 aromatic carbocycles. The number of hydrogen-bond donors (Lipinski definition) is 2. The van der Waals surface area contributed by atoms with Crippen molar-refractivity contribution in [2.75, 3.05) is 6.54 Å². The van der Waals surface area contributed by atoms with E-state index in [9.17, 15) is 4.79 Å². The molecule has 1 atom stereocenters. The lowest BCUT2D eigenvalue weighted by Crippen LogP contribution is -2.52. The largest absolute Gasteiger partial charge is 0.327 e. The predicted octanol–water partition coefficient (Wildman–Crippen LogP) is 0.623. The van der Waals surface area contributed by atoms with Gasteiger partial charge in [0.25, 0.3) is 0 Å². The zero-order chi connectivity index (χ0) is 11.8. The van der Waals surface area contributed by atoms with Crippen LogP contribution in [0.1, 0.15) is 11.1 Å². The number of pyridine rings is 1. The summed E-state index contributed by atoms with van der Waals surface area (Å²) in [7, 11) is 0. The molecular formula is C13H13N3O. The van der Waals surface area contributed by atoms with Crippen LogP contribution in [0.3, 0.4) is 0 Å². The van der Waals surface area contributed by atoms with Crippen molar-refractivity contribution in [3.05, 3.63) is 47.4 Å². The second-order valence-electron chi connectivity index (χ2n) is 4.38. The van der Waals surface area contributed by atoms with Gasteiger partial charge in [-0.25, -0.2) is 0 Å².